The Kier molecular flexibility index (Phi) is 4.13. The standard InChI is InChI=1S/C11H20N2/c1-4-5-6-7-11-10(3)13-9(2)8-12-11/h9H,4-8H2,1-3H3. The smallest absolute Gasteiger partial charge is 0.0670 e. The van der Waals surface area contributed by atoms with Crippen molar-refractivity contribution in [1.82, 2.24) is 0 Å². The van der Waals surface area contributed by atoms with Crippen molar-refractivity contribution in [3.63, 3.8) is 0 Å². The van der Waals surface area contributed by atoms with Gasteiger partial charge in [0.2, 0.25) is 0 Å². The van der Waals surface area contributed by atoms with Gasteiger partial charge in [-0.15, -0.1) is 0 Å². The van der Waals surface area contributed by atoms with Crippen molar-refractivity contribution >= 4 is 11.4 Å². The van der Waals surface area contributed by atoms with Crippen LogP contribution in [0.2, 0.25) is 0 Å². The summed E-state index contributed by atoms with van der Waals surface area (Å²) in [5.41, 5.74) is 2.40. The Hall–Kier alpha value is -0.660. The topological polar surface area (TPSA) is 24.7 Å². The summed E-state index contributed by atoms with van der Waals surface area (Å²) in [5, 5.41) is 0. The molecule has 1 aliphatic rings. The van der Waals surface area contributed by atoms with Gasteiger partial charge >= 0.3 is 0 Å². The minimum Gasteiger partial charge on any atom is -0.286 e. The van der Waals surface area contributed by atoms with Gasteiger partial charge in [0, 0.05) is 0 Å². The van der Waals surface area contributed by atoms with Crippen molar-refractivity contribution in [2.45, 2.75) is 52.5 Å². The van der Waals surface area contributed by atoms with E-state index in [0.29, 0.717) is 6.04 Å². The van der Waals surface area contributed by atoms with Crippen LogP contribution in [0.25, 0.3) is 0 Å². The third-order valence-electron chi connectivity index (χ3n) is 2.40. The molecule has 1 unspecified atom stereocenters. The molecule has 1 rings (SSSR count). The molecule has 0 aromatic heterocycles. The molecule has 0 saturated heterocycles. The molecule has 0 fully saturated rings. The predicted octanol–water partition coefficient (Wildman–Crippen LogP) is 2.87. The predicted molar refractivity (Wildman–Crippen MR) is 59.0 cm³/mol. The van der Waals surface area contributed by atoms with Gasteiger partial charge in [0.05, 0.1) is 24.0 Å². The number of hydrogen-bond donors (Lipinski definition) is 0. The zero-order valence-corrected chi connectivity index (χ0v) is 9.01. The summed E-state index contributed by atoms with van der Waals surface area (Å²) in [4.78, 5) is 9.08. The zero-order chi connectivity index (χ0) is 9.68. The normalized spacial score (nSPS) is 22.5. The molecule has 2 nitrogen and oxygen atoms in total. The lowest BCUT2D eigenvalue weighted by molar-refractivity contribution is 0.721. The maximum absolute atomic E-state index is 4.55. The molecule has 0 aromatic carbocycles. The van der Waals surface area contributed by atoms with Crippen molar-refractivity contribution in [3.05, 3.63) is 0 Å². The Morgan fingerprint density at radius 3 is 2.77 bits per heavy atom. The van der Waals surface area contributed by atoms with Crippen LogP contribution >= 0.6 is 0 Å². The van der Waals surface area contributed by atoms with Gasteiger partial charge in [0.25, 0.3) is 0 Å². The first-order chi connectivity index (χ1) is 6.24. The molecular weight excluding hydrogens is 160 g/mol. The van der Waals surface area contributed by atoms with E-state index in [9.17, 15) is 0 Å². The summed E-state index contributed by atoms with van der Waals surface area (Å²) >= 11 is 0. The summed E-state index contributed by atoms with van der Waals surface area (Å²) in [6.45, 7) is 7.32. The third-order valence-corrected chi connectivity index (χ3v) is 2.40. The maximum Gasteiger partial charge on any atom is 0.0670 e. The fourth-order valence-electron chi connectivity index (χ4n) is 1.61. The SMILES string of the molecule is CCCCCC1=NCC(C)N=C1C. The Balaban J connectivity index is 2.38. The Labute approximate surface area is 81.2 Å². The monoisotopic (exact) mass is 180 g/mol. The highest BCUT2D eigenvalue weighted by Crippen LogP contribution is 2.08. The van der Waals surface area contributed by atoms with Gasteiger partial charge in [-0.3, -0.25) is 9.98 Å². The fraction of sp³-hybridized carbons (Fsp3) is 0.818. The molecule has 1 atom stereocenters. The maximum atomic E-state index is 4.55. The molecule has 74 valence electrons. The second-order valence-electron chi connectivity index (χ2n) is 3.81. The molecule has 0 bridgehead atoms. The van der Waals surface area contributed by atoms with Crippen molar-refractivity contribution in [1.29, 1.82) is 0 Å². The van der Waals surface area contributed by atoms with Crippen LogP contribution in [-0.2, 0) is 0 Å². The molecular formula is C11H20N2. The molecule has 1 heterocycles. The molecule has 13 heavy (non-hydrogen) atoms. The molecule has 0 aliphatic carbocycles. The third kappa shape index (κ3) is 3.29. The highest BCUT2D eigenvalue weighted by atomic mass is 14.9. The number of nitrogens with zero attached hydrogens (tertiary/aromatic N) is 2. The van der Waals surface area contributed by atoms with Gasteiger partial charge in [-0.2, -0.15) is 0 Å². The molecule has 0 aromatic rings. The molecule has 0 amide bonds. The first kappa shape index (κ1) is 10.4. The van der Waals surface area contributed by atoms with Crippen LogP contribution in [0.5, 0.6) is 0 Å². The van der Waals surface area contributed by atoms with Crippen LogP contribution in [0.3, 0.4) is 0 Å². The largest absolute Gasteiger partial charge is 0.286 e. The van der Waals surface area contributed by atoms with Gasteiger partial charge < -0.3 is 0 Å². The van der Waals surface area contributed by atoms with Crippen LogP contribution < -0.4 is 0 Å². The van der Waals surface area contributed by atoms with E-state index in [1.807, 2.05) is 0 Å². The summed E-state index contributed by atoms with van der Waals surface area (Å²) in [7, 11) is 0. The average Bonchev–Trinajstić information content (AvgIpc) is 2.09. The second-order valence-corrected chi connectivity index (χ2v) is 3.81. The number of hydrogen-bond acceptors (Lipinski definition) is 2. The summed E-state index contributed by atoms with van der Waals surface area (Å²) in [5.74, 6) is 0. The fourth-order valence-corrected chi connectivity index (χ4v) is 1.61. The van der Waals surface area contributed by atoms with E-state index in [1.165, 1.54) is 25.0 Å². The number of aliphatic imine (C=N–C) groups is 2. The quantitative estimate of drug-likeness (QED) is 0.594. The first-order valence-electron chi connectivity index (χ1n) is 5.32. The van der Waals surface area contributed by atoms with Crippen molar-refractivity contribution in [2.75, 3.05) is 6.54 Å². The first-order valence-corrected chi connectivity index (χ1v) is 5.32. The van der Waals surface area contributed by atoms with E-state index >= 15 is 0 Å². The Morgan fingerprint density at radius 1 is 1.38 bits per heavy atom. The van der Waals surface area contributed by atoms with Crippen molar-refractivity contribution in [2.24, 2.45) is 9.98 Å². The highest BCUT2D eigenvalue weighted by Gasteiger charge is 2.11. The van der Waals surface area contributed by atoms with Crippen LogP contribution in [0, 0.1) is 0 Å². The molecule has 1 aliphatic heterocycles. The number of unbranched alkanes of at least 4 members (excludes halogenated alkanes) is 2. The van der Waals surface area contributed by atoms with Crippen LogP contribution in [-0.4, -0.2) is 24.0 Å². The minimum absolute atomic E-state index is 0.398. The molecule has 0 spiro atoms. The van der Waals surface area contributed by atoms with E-state index in [4.69, 9.17) is 0 Å². The Morgan fingerprint density at radius 2 is 2.15 bits per heavy atom. The van der Waals surface area contributed by atoms with Gasteiger partial charge in [0.15, 0.2) is 0 Å². The number of rotatable bonds is 4. The van der Waals surface area contributed by atoms with Crippen LogP contribution in [0.1, 0.15) is 46.5 Å². The summed E-state index contributed by atoms with van der Waals surface area (Å²) < 4.78 is 0. The zero-order valence-electron chi connectivity index (χ0n) is 9.01. The molecule has 2 heteroatoms. The van der Waals surface area contributed by atoms with Crippen LogP contribution in [0.15, 0.2) is 9.98 Å². The van der Waals surface area contributed by atoms with Crippen LogP contribution in [0.4, 0.5) is 0 Å². The van der Waals surface area contributed by atoms with E-state index in [2.05, 4.69) is 30.8 Å². The summed E-state index contributed by atoms with van der Waals surface area (Å²) in [6, 6.07) is 0.398. The molecule has 0 radical (unpaired) electrons. The lowest BCUT2D eigenvalue weighted by atomic mass is 10.1. The highest BCUT2D eigenvalue weighted by molar-refractivity contribution is 6.41. The van der Waals surface area contributed by atoms with Gasteiger partial charge in [-0.05, 0) is 26.7 Å². The molecule has 0 saturated carbocycles. The van der Waals surface area contributed by atoms with E-state index in [0.717, 1.165) is 18.7 Å². The van der Waals surface area contributed by atoms with Gasteiger partial charge in [-0.1, -0.05) is 19.8 Å². The average molecular weight is 180 g/mol. The van der Waals surface area contributed by atoms with Gasteiger partial charge in [-0.25, -0.2) is 0 Å². The lowest BCUT2D eigenvalue weighted by Crippen LogP contribution is -2.21. The second kappa shape index (κ2) is 5.15. The Bertz CT molecular complexity index is 216. The van der Waals surface area contributed by atoms with Crippen molar-refractivity contribution < 1.29 is 0 Å². The van der Waals surface area contributed by atoms with Gasteiger partial charge in [0.1, 0.15) is 0 Å². The molecule has 0 N–H and O–H groups in total. The van der Waals surface area contributed by atoms with E-state index in [-0.39, 0.29) is 0 Å². The van der Waals surface area contributed by atoms with Crippen molar-refractivity contribution in [3.8, 4) is 0 Å². The van der Waals surface area contributed by atoms with E-state index < -0.39 is 0 Å². The summed E-state index contributed by atoms with van der Waals surface area (Å²) in [6.07, 6.45) is 4.97. The minimum atomic E-state index is 0.398. The lowest BCUT2D eigenvalue weighted by Gasteiger charge is -2.15. The van der Waals surface area contributed by atoms with E-state index in [1.54, 1.807) is 0 Å².